The molecule has 150 valence electrons. The van der Waals surface area contributed by atoms with Gasteiger partial charge in [-0.05, 0) is 50.8 Å². The second-order valence-corrected chi connectivity index (χ2v) is 9.46. The first kappa shape index (κ1) is 20.3. The van der Waals surface area contributed by atoms with E-state index in [4.69, 9.17) is 0 Å². The van der Waals surface area contributed by atoms with E-state index in [1.807, 2.05) is 39.0 Å². The summed E-state index contributed by atoms with van der Waals surface area (Å²) in [5, 5.41) is 3.01. The van der Waals surface area contributed by atoms with Gasteiger partial charge in [0.15, 0.2) is 0 Å². The van der Waals surface area contributed by atoms with Crippen LogP contribution in [-0.2, 0) is 15.0 Å². The fourth-order valence-corrected chi connectivity index (χ4v) is 5.35. The predicted molar refractivity (Wildman–Crippen MR) is 107 cm³/mol. The highest BCUT2D eigenvalue weighted by Crippen LogP contribution is 2.20. The van der Waals surface area contributed by atoms with E-state index in [9.17, 15) is 13.2 Å². The van der Waals surface area contributed by atoms with E-state index in [2.05, 4.69) is 10.2 Å². The number of rotatable bonds is 5. The third kappa shape index (κ3) is 4.51. The minimum atomic E-state index is -3.35. The summed E-state index contributed by atoms with van der Waals surface area (Å²) in [7, 11) is -3.35. The molecule has 0 bridgehead atoms. The van der Waals surface area contributed by atoms with Gasteiger partial charge in [-0.25, -0.2) is 0 Å². The van der Waals surface area contributed by atoms with Crippen LogP contribution in [0.3, 0.4) is 0 Å². The van der Waals surface area contributed by atoms with Crippen LogP contribution in [-0.4, -0.2) is 73.1 Å². The van der Waals surface area contributed by atoms with Gasteiger partial charge in [0.2, 0.25) is 5.91 Å². The number of benzene rings is 1. The average molecular weight is 395 g/mol. The van der Waals surface area contributed by atoms with E-state index in [0.29, 0.717) is 39.3 Å². The lowest BCUT2D eigenvalue weighted by molar-refractivity contribution is -0.121. The van der Waals surface area contributed by atoms with Crippen molar-refractivity contribution in [3.05, 3.63) is 29.3 Å². The van der Waals surface area contributed by atoms with Crippen molar-refractivity contribution in [2.45, 2.75) is 39.7 Å². The lowest BCUT2D eigenvalue weighted by Crippen LogP contribution is -2.56. The molecule has 2 heterocycles. The molecule has 8 heteroatoms. The fourth-order valence-electron chi connectivity index (χ4n) is 3.68. The van der Waals surface area contributed by atoms with Gasteiger partial charge in [-0.3, -0.25) is 9.69 Å². The zero-order chi connectivity index (χ0) is 19.6. The first-order chi connectivity index (χ1) is 12.8. The number of nitrogens with one attached hydrogen (secondary N) is 1. The van der Waals surface area contributed by atoms with Gasteiger partial charge in [-0.15, -0.1) is 0 Å². The van der Waals surface area contributed by atoms with Crippen molar-refractivity contribution in [1.29, 1.82) is 0 Å². The Balaban J connectivity index is 1.57. The number of piperazine rings is 1. The number of carbonyl (C=O) groups is 1. The first-order valence-electron chi connectivity index (χ1n) is 9.66. The number of anilines is 1. The molecule has 2 fully saturated rings. The molecular formula is C19H30N4O3S. The van der Waals surface area contributed by atoms with E-state index >= 15 is 0 Å². The number of carbonyl (C=O) groups excluding carboxylic acids is 1. The Morgan fingerprint density at radius 2 is 1.59 bits per heavy atom. The maximum absolute atomic E-state index is 12.7. The van der Waals surface area contributed by atoms with E-state index in [1.165, 1.54) is 0 Å². The molecule has 1 aromatic rings. The van der Waals surface area contributed by atoms with Gasteiger partial charge in [0, 0.05) is 45.0 Å². The van der Waals surface area contributed by atoms with Crippen molar-refractivity contribution in [3.63, 3.8) is 0 Å². The number of aryl methyl sites for hydroxylation is 2. The summed E-state index contributed by atoms with van der Waals surface area (Å²) in [6.07, 6.45) is 1.88. The lowest BCUT2D eigenvalue weighted by atomic mass is 10.1. The van der Waals surface area contributed by atoms with Gasteiger partial charge in [0.1, 0.15) is 0 Å². The Hall–Kier alpha value is -1.48. The summed E-state index contributed by atoms with van der Waals surface area (Å²) in [5.74, 6) is -0.0560. The normalized spacial score (nSPS) is 21.3. The van der Waals surface area contributed by atoms with Gasteiger partial charge in [-0.1, -0.05) is 12.1 Å². The second-order valence-electron chi connectivity index (χ2n) is 7.53. The molecule has 27 heavy (non-hydrogen) atoms. The molecule has 2 aliphatic rings. The van der Waals surface area contributed by atoms with Crippen molar-refractivity contribution >= 4 is 21.8 Å². The predicted octanol–water partition coefficient (Wildman–Crippen LogP) is 1.59. The van der Waals surface area contributed by atoms with Gasteiger partial charge in [0.25, 0.3) is 10.2 Å². The molecule has 0 unspecified atom stereocenters. The molecule has 0 saturated carbocycles. The fraction of sp³-hybridized carbons (Fsp3) is 0.632. The topological polar surface area (TPSA) is 73.0 Å². The number of nitrogens with zero attached hydrogens (tertiary/aromatic N) is 3. The summed E-state index contributed by atoms with van der Waals surface area (Å²) >= 11 is 0. The Bertz CT molecular complexity index is 782. The molecule has 2 saturated heterocycles. The highest BCUT2D eigenvalue weighted by atomic mass is 32.2. The van der Waals surface area contributed by atoms with Crippen LogP contribution < -0.4 is 5.32 Å². The summed E-state index contributed by atoms with van der Waals surface area (Å²) in [6, 6.07) is 5.69. The number of hydrogen-bond donors (Lipinski definition) is 1. The summed E-state index contributed by atoms with van der Waals surface area (Å²) in [6.45, 7) is 9.09. The van der Waals surface area contributed by atoms with Crippen molar-refractivity contribution in [1.82, 2.24) is 13.5 Å². The van der Waals surface area contributed by atoms with Crippen molar-refractivity contribution in [3.8, 4) is 0 Å². The van der Waals surface area contributed by atoms with Gasteiger partial charge in [-0.2, -0.15) is 17.0 Å². The average Bonchev–Trinajstić information content (AvgIpc) is 3.20. The van der Waals surface area contributed by atoms with E-state index in [1.54, 1.807) is 8.61 Å². The van der Waals surface area contributed by atoms with Crippen LogP contribution in [0.1, 0.15) is 30.9 Å². The maximum atomic E-state index is 12.7. The maximum Gasteiger partial charge on any atom is 0.282 e. The second kappa shape index (κ2) is 8.26. The SMILES string of the molecule is Cc1ccc(C)c(NC(=O)[C@H](C)N2CCN(S(=O)(=O)N3CCCC3)CC2)c1. The molecule has 7 nitrogen and oxygen atoms in total. The Labute approximate surface area is 162 Å². The van der Waals surface area contributed by atoms with E-state index < -0.39 is 10.2 Å². The summed E-state index contributed by atoms with van der Waals surface area (Å²) in [4.78, 5) is 14.7. The Morgan fingerprint density at radius 3 is 2.22 bits per heavy atom. The third-order valence-corrected chi connectivity index (χ3v) is 7.60. The smallest absolute Gasteiger partial charge is 0.282 e. The molecule has 2 aliphatic heterocycles. The number of amides is 1. The minimum Gasteiger partial charge on any atom is -0.324 e. The van der Waals surface area contributed by atoms with Crippen LogP contribution in [0.4, 0.5) is 5.69 Å². The molecule has 3 rings (SSSR count). The highest BCUT2D eigenvalue weighted by Gasteiger charge is 2.35. The molecule has 1 N–H and O–H groups in total. The standard InChI is InChI=1S/C19H30N4O3S/c1-15-6-7-16(2)18(14-15)20-19(24)17(3)21-10-12-23(13-11-21)27(25,26)22-8-4-5-9-22/h6-7,14,17H,4-5,8-13H2,1-3H3,(H,20,24)/t17-/m0/s1. The van der Waals surface area contributed by atoms with Crippen LogP contribution in [0.25, 0.3) is 0 Å². The molecule has 1 aromatic carbocycles. The molecule has 0 spiro atoms. The summed E-state index contributed by atoms with van der Waals surface area (Å²) in [5.41, 5.74) is 2.97. The van der Waals surface area contributed by atoms with Crippen LogP contribution in [0.2, 0.25) is 0 Å². The largest absolute Gasteiger partial charge is 0.324 e. The van der Waals surface area contributed by atoms with Gasteiger partial charge >= 0.3 is 0 Å². The van der Waals surface area contributed by atoms with Gasteiger partial charge < -0.3 is 5.32 Å². The monoisotopic (exact) mass is 394 g/mol. The minimum absolute atomic E-state index is 0.0560. The zero-order valence-corrected chi connectivity index (χ0v) is 17.3. The van der Waals surface area contributed by atoms with Crippen molar-refractivity contribution in [2.24, 2.45) is 0 Å². The zero-order valence-electron chi connectivity index (χ0n) is 16.4. The van der Waals surface area contributed by atoms with Crippen LogP contribution >= 0.6 is 0 Å². The molecule has 0 radical (unpaired) electrons. The molecular weight excluding hydrogens is 364 g/mol. The Kier molecular flexibility index (Phi) is 6.20. The molecule has 1 amide bonds. The van der Waals surface area contributed by atoms with Crippen LogP contribution in [0.15, 0.2) is 18.2 Å². The van der Waals surface area contributed by atoms with Crippen LogP contribution in [0.5, 0.6) is 0 Å². The quantitative estimate of drug-likeness (QED) is 0.823. The first-order valence-corrected chi connectivity index (χ1v) is 11.1. The van der Waals surface area contributed by atoms with E-state index in [-0.39, 0.29) is 11.9 Å². The van der Waals surface area contributed by atoms with Crippen LogP contribution in [0, 0.1) is 13.8 Å². The van der Waals surface area contributed by atoms with Crippen molar-refractivity contribution < 1.29 is 13.2 Å². The Morgan fingerprint density at radius 1 is 1.00 bits per heavy atom. The highest BCUT2D eigenvalue weighted by molar-refractivity contribution is 7.86. The third-order valence-electron chi connectivity index (χ3n) is 5.57. The van der Waals surface area contributed by atoms with Crippen molar-refractivity contribution in [2.75, 3.05) is 44.6 Å². The van der Waals surface area contributed by atoms with Gasteiger partial charge in [0.05, 0.1) is 6.04 Å². The lowest BCUT2D eigenvalue weighted by Gasteiger charge is -2.38. The molecule has 0 aromatic heterocycles. The number of hydrogen-bond acceptors (Lipinski definition) is 4. The molecule has 1 atom stereocenters. The molecule has 0 aliphatic carbocycles. The summed E-state index contributed by atoms with van der Waals surface area (Å²) < 4.78 is 28.5. The van der Waals surface area contributed by atoms with E-state index in [0.717, 1.165) is 29.7 Å².